The van der Waals surface area contributed by atoms with Gasteiger partial charge in [0.1, 0.15) is 0 Å². The molecule has 0 aromatic carbocycles. The van der Waals surface area contributed by atoms with E-state index in [1.54, 1.807) is 0 Å². The van der Waals surface area contributed by atoms with E-state index in [2.05, 4.69) is 5.32 Å². The van der Waals surface area contributed by atoms with Crippen molar-refractivity contribution in [3.63, 3.8) is 0 Å². The van der Waals surface area contributed by atoms with Gasteiger partial charge in [0, 0.05) is 12.6 Å². The standard InChI is InChI=1S/C5H11NO3S/c7-3-5-4-10(8,9)2-1-6-5/h5-7H,1-4H2/t5-/m0/s1. The van der Waals surface area contributed by atoms with Crippen LogP contribution >= 0.6 is 0 Å². The molecule has 1 saturated heterocycles. The molecule has 60 valence electrons. The molecule has 1 heterocycles. The Bertz CT molecular complexity index is 199. The summed E-state index contributed by atoms with van der Waals surface area (Å²) in [5, 5.41) is 11.5. The number of hydrogen-bond donors (Lipinski definition) is 2. The molecular formula is C5H11NO3S. The van der Waals surface area contributed by atoms with Crippen LogP contribution in [0.15, 0.2) is 0 Å². The van der Waals surface area contributed by atoms with Crippen molar-refractivity contribution in [3.8, 4) is 0 Å². The van der Waals surface area contributed by atoms with Crippen molar-refractivity contribution in [2.75, 3.05) is 24.7 Å². The Morgan fingerprint density at radius 3 is 2.70 bits per heavy atom. The van der Waals surface area contributed by atoms with Crippen molar-refractivity contribution in [2.24, 2.45) is 0 Å². The molecule has 5 heteroatoms. The van der Waals surface area contributed by atoms with Gasteiger partial charge in [-0.25, -0.2) is 8.42 Å². The molecule has 0 aliphatic carbocycles. The Morgan fingerprint density at radius 2 is 2.30 bits per heavy atom. The lowest BCUT2D eigenvalue weighted by Gasteiger charge is -2.21. The largest absolute Gasteiger partial charge is 0.395 e. The smallest absolute Gasteiger partial charge is 0.153 e. The lowest BCUT2D eigenvalue weighted by Crippen LogP contribution is -2.46. The van der Waals surface area contributed by atoms with E-state index in [1.807, 2.05) is 0 Å². The first-order valence-electron chi connectivity index (χ1n) is 3.19. The van der Waals surface area contributed by atoms with Crippen LogP contribution in [0.3, 0.4) is 0 Å². The summed E-state index contributed by atoms with van der Waals surface area (Å²) in [6.45, 7) is 0.368. The second-order valence-electron chi connectivity index (χ2n) is 2.45. The maximum Gasteiger partial charge on any atom is 0.153 e. The molecular weight excluding hydrogens is 154 g/mol. The molecule has 0 radical (unpaired) electrons. The highest BCUT2D eigenvalue weighted by atomic mass is 32.2. The molecule has 1 fully saturated rings. The van der Waals surface area contributed by atoms with Crippen LogP contribution in [0.5, 0.6) is 0 Å². The van der Waals surface area contributed by atoms with Crippen molar-refractivity contribution >= 4 is 9.84 Å². The number of nitrogens with one attached hydrogen (secondary N) is 1. The zero-order valence-electron chi connectivity index (χ0n) is 5.58. The molecule has 0 aromatic heterocycles. The molecule has 0 bridgehead atoms. The molecule has 10 heavy (non-hydrogen) atoms. The first kappa shape index (κ1) is 7.97. The van der Waals surface area contributed by atoms with Gasteiger partial charge in [-0.2, -0.15) is 0 Å². The first-order chi connectivity index (χ1) is 4.64. The minimum atomic E-state index is -2.87. The maximum atomic E-state index is 10.9. The van der Waals surface area contributed by atoms with E-state index in [4.69, 9.17) is 5.11 Å². The van der Waals surface area contributed by atoms with Crippen LogP contribution in [0.25, 0.3) is 0 Å². The average Bonchev–Trinajstić information content (AvgIpc) is 1.86. The quantitative estimate of drug-likeness (QED) is 0.489. The molecule has 0 unspecified atom stereocenters. The first-order valence-corrected chi connectivity index (χ1v) is 5.01. The van der Waals surface area contributed by atoms with Gasteiger partial charge in [0.2, 0.25) is 0 Å². The highest BCUT2D eigenvalue weighted by molar-refractivity contribution is 7.91. The van der Waals surface area contributed by atoms with Gasteiger partial charge in [0.25, 0.3) is 0 Å². The summed E-state index contributed by atoms with van der Waals surface area (Å²) in [6, 6.07) is -0.251. The fourth-order valence-corrected chi connectivity index (χ4v) is 2.42. The third-order valence-electron chi connectivity index (χ3n) is 1.52. The molecule has 1 rings (SSSR count). The number of hydrogen-bond acceptors (Lipinski definition) is 4. The second-order valence-corrected chi connectivity index (χ2v) is 4.68. The van der Waals surface area contributed by atoms with E-state index in [0.29, 0.717) is 6.54 Å². The van der Waals surface area contributed by atoms with E-state index in [9.17, 15) is 8.42 Å². The van der Waals surface area contributed by atoms with Crippen LogP contribution < -0.4 is 5.32 Å². The number of aliphatic hydroxyl groups excluding tert-OH is 1. The lowest BCUT2D eigenvalue weighted by atomic mass is 10.3. The Balaban J connectivity index is 2.56. The van der Waals surface area contributed by atoms with Crippen molar-refractivity contribution < 1.29 is 13.5 Å². The van der Waals surface area contributed by atoms with Crippen LogP contribution in [0, 0.1) is 0 Å². The fourth-order valence-electron chi connectivity index (χ4n) is 0.985. The minimum absolute atomic E-state index is 0.0729. The third kappa shape index (κ3) is 1.93. The normalized spacial score (nSPS) is 31.9. The van der Waals surface area contributed by atoms with Gasteiger partial charge in [-0.3, -0.25) is 0 Å². The van der Waals surface area contributed by atoms with Crippen LogP contribution in [0.1, 0.15) is 0 Å². The lowest BCUT2D eigenvalue weighted by molar-refractivity contribution is 0.252. The summed E-state index contributed by atoms with van der Waals surface area (Å²) in [6.07, 6.45) is 0. The van der Waals surface area contributed by atoms with Crippen LogP contribution in [-0.2, 0) is 9.84 Å². The Labute approximate surface area is 60.2 Å². The zero-order chi connectivity index (χ0) is 7.61. The summed E-state index contributed by atoms with van der Waals surface area (Å²) >= 11 is 0. The van der Waals surface area contributed by atoms with Gasteiger partial charge in [0.05, 0.1) is 18.1 Å². The summed E-state index contributed by atoms with van der Waals surface area (Å²) in [5.74, 6) is 0.271. The van der Waals surface area contributed by atoms with Gasteiger partial charge in [-0.05, 0) is 0 Å². The molecule has 0 aromatic rings. The topological polar surface area (TPSA) is 66.4 Å². The maximum absolute atomic E-state index is 10.9. The molecule has 1 atom stereocenters. The molecule has 2 N–H and O–H groups in total. The van der Waals surface area contributed by atoms with E-state index in [1.165, 1.54) is 0 Å². The molecule has 0 amide bonds. The van der Waals surface area contributed by atoms with Crippen molar-refractivity contribution in [2.45, 2.75) is 6.04 Å². The molecule has 4 nitrogen and oxygen atoms in total. The van der Waals surface area contributed by atoms with Crippen molar-refractivity contribution in [1.29, 1.82) is 0 Å². The molecule has 1 aliphatic heterocycles. The van der Waals surface area contributed by atoms with Crippen LogP contribution in [-0.4, -0.2) is 44.2 Å². The van der Waals surface area contributed by atoms with Gasteiger partial charge in [-0.1, -0.05) is 0 Å². The second kappa shape index (κ2) is 2.86. The predicted molar refractivity (Wildman–Crippen MR) is 37.5 cm³/mol. The highest BCUT2D eigenvalue weighted by Crippen LogP contribution is 1.99. The SMILES string of the molecule is O=S1(=O)CCN[C@@H](CO)C1. The van der Waals surface area contributed by atoms with Crippen molar-refractivity contribution in [3.05, 3.63) is 0 Å². The average molecular weight is 165 g/mol. The number of sulfone groups is 1. The summed E-state index contributed by atoms with van der Waals surface area (Å²) in [4.78, 5) is 0. The Hall–Kier alpha value is -0.130. The van der Waals surface area contributed by atoms with Crippen LogP contribution in [0.2, 0.25) is 0 Å². The molecule has 0 spiro atoms. The number of rotatable bonds is 1. The Morgan fingerprint density at radius 1 is 1.60 bits per heavy atom. The molecule has 0 saturated carbocycles. The molecule has 1 aliphatic rings. The van der Waals surface area contributed by atoms with Gasteiger partial charge >= 0.3 is 0 Å². The van der Waals surface area contributed by atoms with E-state index >= 15 is 0 Å². The monoisotopic (exact) mass is 165 g/mol. The summed E-state index contributed by atoms with van der Waals surface area (Å²) in [5.41, 5.74) is 0. The van der Waals surface area contributed by atoms with Gasteiger partial charge < -0.3 is 10.4 Å². The fraction of sp³-hybridized carbons (Fsp3) is 1.00. The van der Waals surface area contributed by atoms with E-state index < -0.39 is 9.84 Å². The van der Waals surface area contributed by atoms with Crippen LogP contribution in [0.4, 0.5) is 0 Å². The number of aliphatic hydroxyl groups is 1. The van der Waals surface area contributed by atoms with Crippen molar-refractivity contribution in [1.82, 2.24) is 5.32 Å². The third-order valence-corrected chi connectivity index (χ3v) is 3.26. The minimum Gasteiger partial charge on any atom is -0.395 e. The van der Waals surface area contributed by atoms with Gasteiger partial charge in [-0.15, -0.1) is 0 Å². The summed E-state index contributed by atoms with van der Waals surface area (Å²) < 4.78 is 21.7. The van der Waals surface area contributed by atoms with Gasteiger partial charge in [0.15, 0.2) is 9.84 Å². The Kier molecular flexibility index (Phi) is 2.28. The summed E-state index contributed by atoms with van der Waals surface area (Å²) in [7, 11) is -2.87. The van der Waals surface area contributed by atoms with E-state index in [0.717, 1.165) is 0 Å². The highest BCUT2D eigenvalue weighted by Gasteiger charge is 2.22. The van der Waals surface area contributed by atoms with E-state index in [-0.39, 0.29) is 24.2 Å². The predicted octanol–water partition coefficient (Wildman–Crippen LogP) is -1.63. The zero-order valence-corrected chi connectivity index (χ0v) is 6.39.